The van der Waals surface area contributed by atoms with Gasteiger partial charge in [-0.1, -0.05) is 42.5 Å². The monoisotopic (exact) mass is 535 g/mol. The first-order valence-electron chi connectivity index (χ1n) is 12.3. The number of benzene rings is 2. The summed E-state index contributed by atoms with van der Waals surface area (Å²) in [4.78, 5) is 50.2. The maximum Gasteiger partial charge on any atom is 0.338 e. The first-order chi connectivity index (χ1) is 18.4. The summed E-state index contributed by atoms with van der Waals surface area (Å²) in [6, 6.07) is 19.0. The van der Waals surface area contributed by atoms with Crippen molar-refractivity contribution in [3.8, 4) is 10.4 Å². The molecule has 1 saturated heterocycles. The van der Waals surface area contributed by atoms with E-state index < -0.39 is 30.0 Å². The number of carbonyl (C=O) groups excluding carboxylic acids is 4. The van der Waals surface area contributed by atoms with Crippen LogP contribution in [0.25, 0.3) is 10.4 Å². The number of hydrogen-bond donors (Lipinski definition) is 3. The van der Waals surface area contributed by atoms with Crippen molar-refractivity contribution in [2.24, 2.45) is 0 Å². The van der Waals surface area contributed by atoms with Crippen LogP contribution in [0.3, 0.4) is 0 Å². The summed E-state index contributed by atoms with van der Waals surface area (Å²) in [5.74, 6) is -1.92. The number of thiophene rings is 1. The minimum Gasteiger partial charge on any atom is -0.464 e. The van der Waals surface area contributed by atoms with Gasteiger partial charge >= 0.3 is 5.97 Å². The van der Waals surface area contributed by atoms with Crippen LogP contribution in [0, 0.1) is 0 Å². The molecule has 38 heavy (non-hydrogen) atoms. The molecule has 0 aliphatic carbocycles. The smallest absolute Gasteiger partial charge is 0.338 e. The largest absolute Gasteiger partial charge is 0.464 e. The Morgan fingerprint density at radius 1 is 1.00 bits per heavy atom. The number of ether oxygens (including phenoxy) is 2. The molecule has 0 saturated carbocycles. The SMILES string of the molecule is CCOC(=O)C1OC1C(=O)NNC(=O)CCc1ccccc1C(=O)N[C@H](C)c1cccc(-c2cccs2)c1. The lowest BCUT2D eigenvalue weighted by Gasteiger charge is -2.17. The van der Waals surface area contributed by atoms with Gasteiger partial charge in [0.15, 0.2) is 12.2 Å². The lowest BCUT2D eigenvalue weighted by molar-refractivity contribution is -0.144. The van der Waals surface area contributed by atoms with Crippen molar-refractivity contribution in [1.29, 1.82) is 0 Å². The van der Waals surface area contributed by atoms with Crippen LogP contribution >= 0.6 is 11.3 Å². The van der Waals surface area contributed by atoms with Gasteiger partial charge in [-0.05, 0) is 60.5 Å². The number of hydrazine groups is 1. The number of amides is 3. The van der Waals surface area contributed by atoms with Crippen LogP contribution in [0.2, 0.25) is 0 Å². The lowest BCUT2D eigenvalue weighted by atomic mass is 10.0. The lowest BCUT2D eigenvalue weighted by Crippen LogP contribution is -2.44. The van der Waals surface area contributed by atoms with E-state index in [2.05, 4.69) is 28.3 Å². The Hall–Kier alpha value is -4.02. The zero-order valence-electron chi connectivity index (χ0n) is 21.1. The summed E-state index contributed by atoms with van der Waals surface area (Å²) in [6.07, 6.45) is -1.60. The first-order valence-corrected chi connectivity index (χ1v) is 13.2. The normalized spacial score (nSPS) is 16.7. The van der Waals surface area contributed by atoms with Crippen LogP contribution in [-0.2, 0) is 30.3 Å². The molecule has 0 bridgehead atoms. The topological polar surface area (TPSA) is 126 Å². The van der Waals surface area contributed by atoms with Crippen molar-refractivity contribution >= 4 is 35.0 Å². The van der Waals surface area contributed by atoms with Crippen LogP contribution in [0.4, 0.5) is 0 Å². The van der Waals surface area contributed by atoms with E-state index in [-0.39, 0.29) is 25.0 Å². The fourth-order valence-electron chi connectivity index (χ4n) is 3.95. The molecule has 10 heteroatoms. The third kappa shape index (κ3) is 6.84. The van der Waals surface area contributed by atoms with Gasteiger partial charge in [-0.25, -0.2) is 4.79 Å². The van der Waals surface area contributed by atoms with Gasteiger partial charge in [-0.3, -0.25) is 25.2 Å². The predicted octanol–water partition coefficient (Wildman–Crippen LogP) is 3.32. The summed E-state index contributed by atoms with van der Waals surface area (Å²) in [7, 11) is 0. The van der Waals surface area contributed by atoms with E-state index in [1.807, 2.05) is 36.6 Å². The van der Waals surface area contributed by atoms with Gasteiger partial charge in [-0.2, -0.15) is 0 Å². The Morgan fingerprint density at radius 3 is 2.58 bits per heavy atom. The highest BCUT2D eigenvalue weighted by Gasteiger charge is 2.51. The molecule has 1 aromatic heterocycles. The highest BCUT2D eigenvalue weighted by Crippen LogP contribution is 2.27. The molecular weight excluding hydrogens is 506 g/mol. The molecule has 3 amide bonds. The molecule has 198 valence electrons. The van der Waals surface area contributed by atoms with Gasteiger partial charge in [0, 0.05) is 16.9 Å². The fourth-order valence-corrected chi connectivity index (χ4v) is 4.67. The molecule has 1 fully saturated rings. The third-order valence-electron chi connectivity index (χ3n) is 6.02. The van der Waals surface area contributed by atoms with E-state index in [1.165, 1.54) is 0 Å². The third-order valence-corrected chi connectivity index (χ3v) is 6.94. The van der Waals surface area contributed by atoms with Gasteiger partial charge in [-0.15, -0.1) is 11.3 Å². The minimum absolute atomic E-state index is 0.0375. The molecular formula is C28H29N3O6S. The summed E-state index contributed by atoms with van der Waals surface area (Å²) in [5.41, 5.74) is 7.84. The first kappa shape index (κ1) is 27.0. The zero-order valence-corrected chi connectivity index (χ0v) is 21.9. The molecule has 0 radical (unpaired) electrons. The number of esters is 1. The summed E-state index contributed by atoms with van der Waals surface area (Å²) in [5, 5.41) is 5.08. The number of hydrogen-bond acceptors (Lipinski definition) is 7. The maximum absolute atomic E-state index is 13.1. The molecule has 4 rings (SSSR count). The number of aryl methyl sites for hydroxylation is 1. The Labute approximate surface area is 224 Å². The molecule has 0 spiro atoms. The molecule has 1 aliphatic rings. The van der Waals surface area contributed by atoms with Gasteiger partial charge in [0.2, 0.25) is 5.91 Å². The Morgan fingerprint density at radius 2 is 1.82 bits per heavy atom. The second kappa shape index (κ2) is 12.5. The van der Waals surface area contributed by atoms with E-state index in [4.69, 9.17) is 9.47 Å². The van der Waals surface area contributed by atoms with Crippen molar-refractivity contribution in [2.75, 3.05) is 6.61 Å². The Kier molecular flexibility index (Phi) is 8.88. The molecule has 3 aromatic rings. The Balaban J connectivity index is 1.29. The van der Waals surface area contributed by atoms with Crippen LogP contribution in [-0.4, -0.2) is 42.5 Å². The average Bonchev–Trinajstić information content (AvgIpc) is 3.55. The second-order valence-electron chi connectivity index (χ2n) is 8.72. The quantitative estimate of drug-likeness (QED) is 0.208. The van der Waals surface area contributed by atoms with Crippen molar-refractivity contribution in [2.45, 2.75) is 44.9 Å². The minimum atomic E-state index is -0.980. The maximum atomic E-state index is 13.1. The highest BCUT2D eigenvalue weighted by molar-refractivity contribution is 7.13. The summed E-state index contributed by atoms with van der Waals surface area (Å²) >= 11 is 1.66. The molecule has 2 unspecified atom stereocenters. The molecule has 3 atom stereocenters. The zero-order chi connectivity index (χ0) is 27.1. The predicted molar refractivity (Wildman–Crippen MR) is 142 cm³/mol. The van der Waals surface area contributed by atoms with Crippen LogP contribution in [0.1, 0.15) is 47.8 Å². The van der Waals surface area contributed by atoms with Crippen molar-refractivity contribution < 1.29 is 28.7 Å². The molecule has 9 nitrogen and oxygen atoms in total. The van der Waals surface area contributed by atoms with Crippen molar-refractivity contribution in [3.63, 3.8) is 0 Å². The van der Waals surface area contributed by atoms with Crippen LogP contribution < -0.4 is 16.2 Å². The van der Waals surface area contributed by atoms with E-state index in [1.54, 1.807) is 42.5 Å². The van der Waals surface area contributed by atoms with Crippen molar-refractivity contribution in [3.05, 3.63) is 82.7 Å². The summed E-state index contributed by atoms with van der Waals surface area (Å²) in [6.45, 7) is 3.77. The van der Waals surface area contributed by atoms with Gasteiger partial charge in [0.1, 0.15) is 0 Å². The molecule has 3 N–H and O–H groups in total. The Bertz CT molecular complexity index is 1310. The second-order valence-corrected chi connectivity index (χ2v) is 9.67. The van der Waals surface area contributed by atoms with E-state index in [0.717, 1.165) is 16.0 Å². The molecule has 2 aromatic carbocycles. The van der Waals surface area contributed by atoms with Gasteiger partial charge < -0.3 is 14.8 Å². The highest BCUT2D eigenvalue weighted by atomic mass is 32.1. The van der Waals surface area contributed by atoms with E-state index in [0.29, 0.717) is 17.5 Å². The average molecular weight is 536 g/mol. The van der Waals surface area contributed by atoms with E-state index >= 15 is 0 Å². The van der Waals surface area contributed by atoms with Crippen molar-refractivity contribution in [1.82, 2.24) is 16.2 Å². The van der Waals surface area contributed by atoms with Crippen LogP contribution in [0.15, 0.2) is 66.0 Å². The molecule has 2 heterocycles. The van der Waals surface area contributed by atoms with Gasteiger partial charge in [0.05, 0.1) is 12.6 Å². The van der Waals surface area contributed by atoms with E-state index in [9.17, 15) is 19.2 Å². The van der Waals surface area contributed by atoms with Crippen LogP contribution in [0.5, 0.6) is 0 Å². The standard InChI is InChI=1S/C28H29N3O6S/c1-3-36-28(35)25-24(37-25)27(34)31-30-23(32)14-13-18-8-4-5-11-21(18)26(33)29-17(2)19-9-6-10-20(16-19)22-12-7-15-38-22/h4-12,15-17,24-25H,3,13-14H2,1-2H3,(H,29,33)(H,30,32)(H,31,34)/t17-,24?,25?/m1/s1. The van der Waals surface area contributed by atoms with Gasteiger partial charge in [0.25, 0.3) is 11.8 Å². The summed E-state index contributed by atoms with van der Waals surface area (Å²) < 4.78 is 9.80. The molecule has 1 aliphatic heterocycles. The number of rotatable bonds is 10. The number of nitrogens with one attached hydrogen (secondary N) is 3. The fraction of sp³-hybridized carbons (Fsp3) is 0.286. The number of epoxide rings is 1. The number of carbonyl (C=O) groups is 4.